The first-order valence-corrected chi connectivity index (χ1v) is 8.61. The molecule has 1 fully saturated rings. The molecule has 1 heterocycles. The zero-order chi connectivity index (χ0) is 17.6. The van der Waals surface area contributed by atoms with Crippen LogP contribution in [0.1, 0.15) is 23.7 Å². The van der Waals surface area contributed by atoms with Gasteiger partial charge in [0.25, 0.3) is 5.91 Å². The van der Waals surface area contributed by atoms with E-state index in [9.17, 15) is 4.79 Å². The molecule has 0 aliphatic carbocycles. The largest absolute Gasteiger partial charge is 0.494 e. The second-order valence-electron chi connectivity index (χ2n) is 6.05. The van der Waals surface area contributed by atoms with Gasteiger partial charge in [-0.1, -0.05) is 0 Å². The number of rotatable bonds is 6. The lowest BCUT2D eigenvalue weighted by atomic mass is 10.2. The topological polar surface area (TPSA) is 50.8 Å². The average Bonchev–Trinajstić information content (AvgIpc) is 3.12. The van der Waals surface area contributed by atoms with Gasteiger partial charge < -0.3 is 19.7 Å². The number of nitrogens with zero attached hydrogens (tertiary/aromatic N) is 1. The van der Waals surface area contributed by atoms with Crippen molar-refractivity contribution in [2.24, 2.45) is 0 Å². The number of amides is 1. The van der Waals surface area contributed by atoms with Crippen LogP contribution >= 0.6 is 0 Å². The van der Waals surface area contributed by atoms with Gasteiger partial charge in [-0.15, -0.1) is 0 Å². The summed E-state index contributed by atoms with van der Waals surface area (Å²) in [4.78, 5) is 14.6. The van der Waals surface area contributed by atoms with Gasteiger partial charge in [0.2, 0.25) is 0 Å². The highest BCUT2D eigenvalue weighted by molar-refractivity contribution is 6.04. The Morgan fingerprint density at radius 3 is 2.48 bits per heavy atom. The van der Waals surface area contributed by atoms with Gasteiger partial charge in [-0.05, 0) is 61.9 Å². The van der Waals surface area contributed by atoms with Crippen molar-refractivity contribution in [2.45, 2.75) is 19.4 Å². The minimum Gasteiger partial charge on any atom is -0.494 e. The van der Waals surface area contributed by atoms with E-state index in [2.05, 4.69) is 10.2 Å². The fraction of sp³-hybridized carbons (Fsp3) is 0.350. The Labute approximate surface area is 148 Å². The Hall–Kier alpha value is -2.53. The van der Waals surface area contributed by atoms with Gasteiger partial charge in [-0.2, -0.15) is 0 Å². The monoisotopic (exact) mass is 340 g/mol. The minimum atomic E-state index is -0.128. The number of carbonyl (C=O) groups is 1. The summed E-state index contributed by atoms with van der Waals surface area (Å²) in [7, 11) is 1.76. The molecule has 5 heteroatoms. The van der Waals surface area contributed by atoms with Gasteiger partial charge in [0.1, 0.15) is 5.75 Å². The fourth-order valence-corrected chi connectivity index (χ4v) is 2.98. The van der Waals surface area contributed by atoms with E-state index in [-0.39, 0.29) is 5.91 Å². The van der Waals surface area contributed by atoms with Crippen molar-refractivity contribution in [3.05, 3.63) is 54.1 Å². The third-order valence-corrected chi connectivity index (χ3v) is 4.40. The molecule has 0 spiro atoms. The molecule has 1 unspecified atom stereocenters. The van der Waals surface area contributed by atoms with Crippen molar-refractivity contribution in [1.29, 1.82) is 0 Å². The number of hydrogen-bond donors (Lipinski definition) is 1. The van der Waals surface area contributed by atoms with Crippen LogP contribution in [-0.4, -0.2) is 38.8 Å². The fourth-order valence-electron chi connectivity index (χ4n) is 2.98. The Kier molecular flexibility index (Phi) is 5.56. The zero-order valence-electron chi connectivity index (χ0n) is 14.7. The number of anilines is 2. The first-order chi connectivity index (χ1) is 12.2. The third-order valence-electron chi connectivity index (χ3n) is 4.40. The van der Waals surface area contributed by atoms with E-state index < -0.39 is 0 Å². The molecule has 0 aromatic heterocycles. The molecule has 132 valence electrons. The molecule has 2 aromatic carbocycles. The molecule has 1 aliphatic heterocycles. The molecular formula is C20H24N2O3. The van der Waals surface area contributed by atoms with Gasteiger partial charge in [0.15, 0.2) is 0 Å². The first-order valence-electron chi connectivity index (χ1n) is 8.61. The van der Waals surface area contributed by atoms with Crippen molar-refractivity contribution >= 4 is 17.3 Å². The zero-order valence-corrected chi connectivity index (χ0v) is 14.7. The van der Waals surface area contributed by atoms with Crippen LogP contribution in [0.4, 0.5) is 11.4 Å². The molecule has 0 radical (unpaired) electrons. The summed E-state index contributed by atoms with van der Waals surface area (Å²) in [6.45, 7) is 4.45. The van der Waals surface area contributed by atoms with Crippen LogP contribution in [0, 0.1) is 0 Å². The van der Waals surface area contributed by atoms with E-state index in [1.165, 1.54) is 0 Å². The van der Waals surface area contributed by atoms with Crippen molar-refractivity contribution in [1.82, 2.24) is 0 Å². The molecule has 1 N–H and O–H groups in total. The van der Waals surface area contributed by atoms with Crippen molar-refractivity contribution in [2.75, 3.05) is 37.0 Å². The van der Waals surface area contributed by atoms with E-state index in [4.69, 9.17) is 9.47 Å². The van der Waals surface area contributed by atoms with Gasteiger partial charge >= 0.3 is 0 Å². The molecule has 5 nitrogen and oxygen atoms in total. The number of nitrogens with one attached hydrogen (secondary N) is 1. The highest BCUT2D eigenvalue weighted by Gasteiger charge is 2.22. The lowest BCUT2D eigenvalue weighted by Crippen LogP contribution is -2.22. The summed E-state index contributed by atoms with van der Waals surface area (Å²) < 4.78 is 10.8. The van der Waals surface area contributed by atoms with Crippen molar-refractivity contribution < 1.29 is 14.3 Å². The first kappa shape index (κ1) is 17.3. The maximum Gasteiger partial charge on any atom is 0.255 e. The summed E-state index contributed by atoms with van der Waals surface area (Å²) in [5, 5.41) is 2.92. The van der Waals surface area contributed by atoms with E-state index in [0.29, 0.717) is 18.3 Å². The third kappa shape index (κ3) is 4.31. The Morgan fingerprint density at radius 1 is 1.16 bits per heavy atom. The molecular weight excluding hydrogens is 316 g/mol. The lowest BCUT2D eigenvalue weighted by molar-refractivity contribution is 0.102. The summed E-state index contributed by atoms with van der Waals surface area (Å²) in [5.41, 5.74) is 2.54. The lowest BCUT2D eigenvalue weighted by Gasteiger charge is -2.18. The SMILES string of the molecule is CCOc1ccc(C(=O)Nc2ccc(N3CCC(OC)C3)cc2)cc1. The number of methoxy groups -OCH3 is 1. The van der Waals surface area contributed by atoms with Crippen LogP contribution in [0.3, 0.4) is 0 Å². The second kappa shape index (κ2) is 8.03. The summed E-state index contributed by atoms with van der Waals surface area (Å²) >= 11 is 0. The molecule has 25 heavy (non-hydrogen) atoms. The molecule has 1 amide bonds. The van der Waals surface area contributed by atoms with Gasteiger partial charge in [0.05, 0.1) is 12.7 Å². The Bertz CT molecular complexity index is 698. The van der Waals surface area contributed by atoms with E-state index >= 15 is 0 Å². The predicted octanol–water partition coefficient (Wildman–Crippen LogP) is 3.56. The predicted molar refractivity (Wildman–Crippen MR) is 99.6 cm³/mol. The van der Waals surface area contributed by atoms with E-state index in [1.54, 1.807) is 31.4 Å². The highest BCUT2D eigenvalue weighted by Crippen LogP contribution is 2.23. The molecule has 1 saturated heterocycles. The van der Waals surface area contributed by atoms with Crippen molar-refractivity contribution in [3.8, 4) is 5.75 Å². The number of hydrogen-bond acceptors (Lipinski definition) is 4. The van der Waals surface area contributed by atoms with Crippen LogP contribution in [-0.2, 0) is 4.74 Å². The average molecular weight is 340 g/mol. The van der Waals surface area contributed by atoms with Gasteiger partial charge in [-0.3, -0.25) is 4.79 Å². The molecule has 1 aliphatic rings. The quantitative estimate of drug-likeness (QED) is 0.873. The van der Waals surface area contributed by atoms with Crippen LogP contribution in [0.15, 0.2) is 48.5 Å². The standard InChI is InChI=1S/C20H24N2O3/c1-3-25-18-10-4-15(5-11-18)20(23)21-16-6-8-17(9-7-16)22-13-12-19(14-22)24-2/h4-11,19H,3,12-14H2,1-2H3,(H,21,23). The number of ether oxygens (including phenoxy) is 2. The van der Waals surface area contributed by atoms with Crippen molar-refractivity contribution in [3.63, 3.8) is 0 Å². The van der Waals surface area contributed by atoms with E-state index in [1.807, 2.05) is 31.2 Å². The maximum absolute atomic E-state index is 12.3. The number of carbonyl (C=O) groups excluding carboxylic acids is 1. The molecule has 1 atom stereocenters. The minimum absolute atomic E-state index is 0.128. The molecule has 0 bridgehead atoms. The number of benzene rings is 2. The van der Waals surface area contributed by atoms with Crippen LogP contribution in [0.2, 0.25) is 0 Å². The Balaban J connectivity index is 1.60. The maximum atomic E-state index is 12.3. The second-order valence-corrected chi connectivity index (χ2v) is 6.05. The Morgan fingerprint density at radius 2 is 1.88 bits per heavy atom. The summed E-state index contributed by atoms with van der Waals surface area (Å²) in [6.07, 6.45) is 1.35. The smallest absolute Gasteiger partial charge is 0.255 e. The van der Waals surface area contributed by atoms with Gasteiger partial charge in [0, 0.05) is 37.1 Å². The summed E-state index contributed by atoms with van der Waals surface area (Å²) in [5.74, 6) is 0.639. The summed E-state index contributed by atoms with van der Waals surface area (Å²) in [6, 6.07) is 15.1. The van der Waals surface area contributed by atoms with Crippen LogP contribution in [0.25, 0.3) is 0 Å². The molecule has 2 aromatic rings. The normalized spacial score (nSPS) is 16.7. The van der Waals surface area contributed by atoms with Crippen LogP contribution in [0.5, 0.6) is 5.75 Å². The van der Waals surface area contributed by atoms with Crippen LogP contribution < -0.4 is 15.0 Å². The van der Waals surface area contributed by atoms with Gasteiger partial charge in [-0.25, -0.2) is 0 Å². The highest BCUT2D eigenvalue weighted by atomic mass is 16.5. The molecule has 3 rings (SSSR count). The van der Waals surface area contributed by atoms with E-state index in [0.717, 1.165) is 36.6 Å². The molecule has 0 saturated carbocycles.